The first-order valence-corrected chi connectivity index (χ1v) is 7.79. The van der Waals surface area contributed by atoms with Crippen LogP contribution >= 0.6 is 27.7 Å². The third-order valence-corrected chi connectivity index (χ3v) is 5.35. The van der Waals surface area contributed by atoms with Crippen molar-refractivity contribution < 1.29 is 4.42 Å². The number of rotatable bonds is 3. The lowest BCUT2D eigenvalue weighted by Gasteiger charge is -2.02. The van der Waals surface area contributed by atoms with Gasteiger partial charge in [-0.2, -0.15) is 0 Å². The molecule has 1 aliphatic rings. The minimum atomic E-state index is 0.160. The molecular formula is C13H13BrN2OS. The van der Waals surface area contributed by atoms with E-state index < -0.39 is 0 Å². The minimum Gasteiger partial charge on any atom is -0.423 e. The maximum atomic E-state index is 5.76. The highest BCUT2D eigenvalue weighted by Crippen LogP contribution is 2.46. The standard InChI is InChI=1S/C13H13BrN2OS/c1-2-9(14)12-15-16-13(17-12)11-7-8-5-3-4-6-10(8)18-11/h3-6,9,11H,2,7H2,1H3. The molecule has 0 bridgehead atoms. The van der Waals surface area contributed by atoms with E-state index in [2.05, 4.69) is 57.3 Å². The van der Waals surface area contributed by atoms with Crippen molar-refractivity contribution >= 4 is 27.7 Å². The van der Waals surface area contributed by atoms with Crippen molar-refractivity contribution in [2.45, 2.75) is 34.7 Å². The summed E-state index contributed by atoms with van der Waals surface area (Å²) in [7, 11) is 0. The molecule has 0 radical (unpaired) electrons. The summed E-state index contributed by atoms with van der Waals surface area (Å²) >= 11 is 5.34. The molecule has 5 heteroatoms. The summed E-state index contributed by atoms with van der Waals surface area (Å²) in [5.74, 6) is 1.42. The Morgan fingerprint density at radius 3 is 3.06 bits per heavy atom. The van der Waals surface area contributed by atoms with Crippen molar-refractivity contribution in [1.29, 1.82) is 0 Å². The number of fused-ring (bicyclic) bond motifs is 1. The van der Waals surface area contributed by atoms with Crippen LogP contribution in [-0.4, -0.2) is 10.2 Å². The van der Waals surface area contributed by atoms with Crippen molar-refractivity contribution in [1.82, 2.24) is 10.2 Å². The number of hydrogen-bond acceptors (Lipinski definition) is 4. The van der Waals surface area contributed by atoms with Crippen LogP contribution < -0.4 is 0 Å². The summed E-state index contributed by atoms with van der Waals surface area (Å²) in [6, 6.07) is 8.46. The van der Waals surface area contributed by atoms with Crippen molar-refractivity contribution in [3.05, 3.63) is 41.6 Å². The van der Waals surface area contributed by atoms with Gasteiger partial charge >= 0.3 is 0 Å². The van der Waals surface area contributed by atoms with Crippen LogP contribution in [0, 0.1) is 0 Å². The van der Waals surface area contributed by atoms with E-state index in [-0.39, 0.29) is 10.1 Å². The molecule has 18 heavy (non-hydrogen) atoms. The molecular weight excluding hydrogens is 312 g/mol. The zero-order valence-electron chi connectivity index (χ0n) is 9.97. The highest BCUT2D eigenvalue weighted by atomic mass is 79.9. The third kappa shape index (κ3) is 2.21. The summed E-state index contributed by atoms with van der Waals surface area (Å²) in [5.41, 5.74) is 1.37. The lowest BCUT2D eigenvalue weighted by molar-refractivity contribution is 0.443. The van der Waals surface area contributed by atoms with Crippen LogP contribution in [0.5, 0.6) is 0 Å². The average Bonchev–Trinajstić information content (AvgIpc) is 3.03. The van der Waals surface area contributed by atoms with E-state index >= 15 is 0 Å². The molecule has 1 aromatic heterocycles. The highest BCUT2D eigenvalue weighted by Gasteiger charge is 2.28. The zero-order valence-corrected chi connectivity index (χ0v) is 12.4. The van der Waals surface area contributed by atoms with Crippen LogP contribution in [0.4, 0.5) is 0 Å². The van der Waals surface area contributed by atoms with E-state index in [0.29, 0.717) is 5.89 Å². The fourth-order valence-corrected chi connectivity index (χ4v) is 3.41. The SMILES string of the molecule is CCC(Br)c1nnc(C2Cc3ccccc3S2)o1. The first-order valence-electron chi connectivity index (χ1n) is 6.00. The summed E-state index contributed by atoms with van der Waals surface area (Å²) in [5, 5.41) is 8.56. The van der Waals surface area contributed by atoms with Crippen LogP contribution in [0.3, 0.4) is 0 Å². The molecule has 94 valence electrons. The van der Waals surface area contributed by atoms with Gasteiger partial charge in [-0.25, -0.2) is 0 Å². The molecule has 1 aliphatic heterocycles. The molecule has 0 N–H and O–H groups in total. The predicted octanol–water partition coefficient (Wildman–Crippen LogP) is 4.31. The van der Waals surface area contributed by atoms with Crippen molar-refractivity contribution in [2.75, 3.05) is 0 Å². The number of aromatic nitrogens is 2. The molecule has 0 spiro atoms. The summed E-state index contributed by atoms with van der Waals surface area (Å²) in [4.78, 5) is 1.49. The Labute approximate surface area is 119 Å². The van der Waals surface area contributed by atoms with Gasteiger partial charge in [-0.1, -0.05) is 41.1 Å². The predicted molar refractivity (Wildman–Crippen MR) is 75.0 cm³/mol. The largest absolute Gasteiger partial charge is 0.423 e. The second-order valence-corrected chi connectivity index (χ2v) is 6.62. The Morgan fingerprint density at radius 1 is 1.44 bits per heavy atom. The Hall–Kier alpha value is -0.810. The normalized spacial score (nSPS) is 19.8. The first kappa shape index (κ1) is 12.2. The lowest BCUT2D eigenvalue weighted by atomic mass is 10.1. The Morgan fingerprint density at radius 2 is 2.28 bits per heavy atom. The van der Waals surface area contributed by atoms with Gasteiger partial charge < -0.3 is 4.42 Å². The maximum Gasteiger partial charge on any atom is 0.230 e. The third-order valence-electron chi connectivity index (χ3n) is 3.01. The molecule has 3 rings (SSSR count). The van der Waals surface area contributed by atoms with Gasteiger partial charge in [0.25, 0.3) is 0 Å². The van der Waals surface area contributed by atoms with Gasteiger partial charge in [0.2, 0.25) is 11.8 Å². The molecule has 1 aromatic carbocycles. The number of thioether (sulfide) groups is 1. The van der Waals surface area contributed by atoms with Crippen LogP contribution in [0.1, 0.15) is 40.8 Å². The Bertz CT molecular complexity index is 532. The van der Waals surface area contributed by atoms with Crippen LogP contribution in [0.25, 0.3) is 0 Å². The Kier molecular flexibility index (Phi) is 3.43. The van der Waals surface area contributed by atoms with Crippen LogP contribution in [-0.2, 0) is 6.42 Å². The molecule has 0 amide bonds. The quantitative estimate of drug-likeness (QED) is 0.789. The van der Waals surface area contributed by atoms with Crippen molar-refractivity contribution in [3.63, 3.8) is 0 Å². The topological polar surface area (TPSA) is 38.9 Å². The number of benzene rings is 1. The van der Waals surface area contributed by atoms with Crippen LogP contribution in [0.2, 0.25) is 0 Å². The summed E-state index contributed by atoms with van der Waals surface area (Å²) < 4.78 is 5.76. The second kappa shape index (κ2) is 5.05. The van der Waals surface area contributed by atoms with E-state index in [1.54, 1.807) is 0 Å². The van der Waals surface area contributed by atoms with Crippen LogP contribution in [0.15, 0.2) is 33.6 Å². The fourth-order valence-electron chi connectivity index (χ4n) is 2.00. The van der Waals surface area contributed by atoms with E-state index in [0.717, 1.165) is 18.7 Å². The zero-order chi connectivity index (χ0) is 12.5. The van der Waals surface area contributed by atoms with Gasteiger partial charge in [-0.05, 0) is 24.5 Å². The molecule has 0 saturated heterocycles. The smallest absolute Gasteiger partial charge is 0.230 e. The maximum absolute atomic E-state index is 5.76. The van der Waals surface area contributed by atoms with Gasteiger partial charge in [0.05, 0.1) is 10.1 Å². The van der Waals surface area contributed by atoms with Crippen molar-refractivity contribution in [2.24, 2.45) is 0 Å². The van der Waals surface area contributed by atoms with E-state index in [4.69, 9.17) is 4.42 Å². The van der Waals surface area contributed by atoms with Gasteiger partial charge in [0.15, 0.2) is 0 Å². The molecule has 2 unspecified atom stereocenters. The van der Waals surface area contributed by atoms with E-state index in [1.807, 2.05) is 11.8 Å². The highest BCUT2D eigenvalue weighted by molar-refractivity contribution is 9.09. The molecule has 2 heterocycles. The number of hydrogen-bond donors (Lipinski definition) is 0. The minimum absolute atomic E-state index is 0.160. The van der Waals surface area contributed by atoms with E-state index in [9.17, 15) is 0 Å². The van der Waals surface area contributed by atoms with Gasteiger partial charge in [0.1, 0.15) is 0 Å². The summed E-state index contributed by atoms with van der Waals surface area (Å²) in [6.45, 7) is 2.09. The summed E-state index contributed by atoms with van der Waals surface area (Å²) in [6.07, 6.45) is 1.92. The second-order valence-electron chi connectivity index (χ2n) is 4.27. The average molecular weight is 325 g/mol. The van der Waals surface area contributed by atoms with E-state index in [1.165, 1.54) is 10.5 Å². The molecule has 0 saturated carbocycles. The Balaban J connectivity index is 1.80. The molecule has 3 nitrogen and oxygen atoms in total. The number of halogens is 1. The first-order chi connectivity index (χ1) is 8.78. The number of nitrogens with zero attached hydrogens (tertiary/aromatic N) is 2. The molecule has 0 fully saturated rings. The lowest BCUT2D eigenvalue weighted by Crippen LogP contribution is -1.92. The fraction of sp³-hybridized carbons (Fsp3) is 0.385. The molecule has 2 aromatic rings. The monoisotopic (exact) mass is 324 g/mol. The molecule has 0 aliphatic carbocycles. The van der Waals surface area contributed by atoms with Gasteiger partial charge in [-0.15, -0.1) is 22.0 Å². The molecule has 2 atom stereocenters. The van der Waals surface area contributed by atoms with Crippen molar-refractivity contribution in [3.8, 4) is 0 Å². The van der Waals surface area contributed by atoms with Gasteiger partial charge in [-0.3, -0.25) is 0 Å². The number of alkyl halides is 1. The van der Waals surface area contributed by atoms with Gasteiger partial charge in [0, 0.05) is 4.90 Å².